The van der Waals surface area contributed by atoms with Crippen LogP contribution >= 0.6 is 0 Å². The summed E-state index contributed by atoms with van der Waals surface area (Å²) in [5, 5.41) is 4.42. The number of aromatic nitrogens is 2. The molecular formula is C15H18N2O2. The van der Waals surface area contributed by atoms with Gasteiger partial charge in [0.05, 0.1) is 12.8 Å². The first kappa shape index (κ1) is 12.2. The number of nitrogens with zero attached hydrogens (tertiary/aromatic N) is 2. The Morgan fingerprint density at radius 2 is 2.26 bits per heavy atom. The Labute approximate surface area is 113 Å². The maximum atomic E-state index is 5.81. The van der Waals surface area contributed by atoms with Crippen molar-refractivity contribution in [2.45, 2.75) is 25.5 Å². The molecule has 1 aromatic carbocycles. The average Bonchev–Trinajstić information content (AvgIpc) is 2.98. The lowest BCUT2D eigenvalue weighted by atomic mass is 10.1. The highest BCUT2D eigenvalue weighted by Crippen LogP contribution is 2.29. The van der Waals surface area contributed by atoms with Crippen LogP contribution in [0.3, 0.4) is 0 Å². The summed E-state index contributed by atoms with van der Waals surface area (Å²) >= 11 is 0. The second-order valence-electron chi connectivity index (χ2n) is 4.71. The lowest BCUT2D eigenvalue weighted by Gasteiger charge is -2.24. The zero-order chi connectivity index (χ0) is 13.1. The van der Waals surface area contributed by atoms with Gasteiger partial charge in [0.1, 0.15) is 5.75 Å². The smallest absolute Gasteiger partial charge is 0.150 e. The van der Waals surface area contributed by atoms with Gasteiger partial charge in [-0.3, -0.25) is 0 Å². The Morgan fingerprint density at radius 3 is 3.05 bits per heavy atom. The Hall–Kier alpha value is -1.81. The predicted molar refractivity (Wildman–Crippen MR) is 73.1 cm³/mol. The van der Waals surface area contributed by atoms with Gasteiger partial charge in [0.15, 0.2) is 6.23 Å². The monoisotopic (exact) mass is 258 g/mol. The minimum absolute atomic E-state index is 0.0601. The summed E-state index contributed by atoms with van der Waals surface area (Å²) in [5.74, 6) is 0.856. The first-order valence-electron chi connectivity index (χ1n) is 6.68. The molecule has 0 N–H and O–H groups in total. The Bertz CT molecular complexity index is 545. The van der Waals surface area contributed by atoms with Crippen molar-refractivity contribution in [3.05, 3.63) is 36.5 Å². The molecule has 0 spiro atoms. The van der Waals surface area contributed by atoms with E-state index in [1.165, 1.54) is 6.42 Å². The molecule has 4 heteroatoms. The van der Waals surface area contributed by atoms with E-state index in [9.17, 15) is 0 Å². The summed E-state index contributed by atoms with van der Waals surface area (Å²) in [4.78, 5) is 0. The van der Waals surface area contributed by atoms with Crippen LogP contribution in [-0.2, 0) is 4.74 Å². The molecule has 1 aromatic heterocycles. The summed E-state index contributed by atoms with van der Waals surface area (Å²) in [5.41, 5.74) is 2.18. The van der Waals surface area contributed by atoms with Gasteiger partial charge >= 0.3 is 0 Å². The molecule has 100 valence electrons. The van der Waals surface area contributed by atoms with E-state index in [0.29, 0.717) is 0 Å². The summed E-state index contributed by atoms with van der Waals surface area (Å²) < 4.78 is 13.1. The molecule has 0 aliphatic carbocycles. The SMILES string of the molecule is COc1cccc(-c2ccnn2C2CCCCO2)c1. The van der Waals surface area contributed by atoms with Crippen molar-refractivity contribution in [1.82, 2.24) is 9.78 Å². The normalized spacial score (nSPS) is 19.3. The number of hydrogen-bond acceptors (Lipinski definition) is 3. The molecule has 1 unspecified atom stereocenters. The molecular weight excluding hydrogens is 240 g/mol. The summed E-state index contributed by atoms with van der Waals surface area (Å²) in [6.07, 6.45) is 5.25. The van der Waals surface area contributed by atoms with Crippen molar-refractivity contribution in [2.24, 2.45) is 0 Å². The van der Waals surface area contributed by atoms with Crippen molar-refractivity contribution in [3.8, 4) is 17.0 Å². The van der Waals surface area contributed by atoms with E-state index in [0.717, 1.165) is 36.5 Å². The van der Waals surface area contributed by atoms with Crippen molar-refractivity contribution in [3.63, 3.8) is 0 Å². The first-order valence-corrected chi connectivity index (χ1v) is 6.68. The number of rotatable bonds is 3. The Morgan fingerprint density at radius 1 is 1.32 bits per heavy atom. The lowest BCUT2D eigenvalue weighted by Crippen LogP contribution is -2.19. The first-order chi connectivity index (χ1) is 9.38. The van der Waals surface area contributed by atoms with E-state index in [2.05, 4.69) is 11.2 Å². The van der Waals surface area contributed by atoms with Gasteiger partial charge < -0.3 is 9.47 Å². The molecule has 0 bridgehead atoms. The molecule has 1 saturated heterocycles. The molecule has 0 amide bonds. The number of benzene rings is 1. The molecule has 0 saturated carbocycles. The van der Waals surface area contributed by atoms with E-state index in [1.807, 2.05) is 35.1 Å². The van der Waals surface area contributed by atoms with E-state index in [1.54, 1.807) is 7.11 Å². The van der Waals surface area contributed by atoms with Crippen LogP contribution in [-0.4, -0.2) is 23.5 Å². The van der Waals surface area contributed by atoms with Crippen molar-refractivity contribution >= 4 is 0 Å². The van der Waals surface area contributed by atoms with Crippen molar-refractivity contribution in [2.75, 3.05) is 13.7 Å². The van der Waals surface area contributed by atoms with Crippen LogP contribution in [0.4, 0.5) is 0 Å². The average molecular weight is 258 g/mol. The third-order valence-electron chi connectivity index (χ3n) is 3.46. The van der Waals surface area contributed by atoms with Crippen LogP contribution in [0, 0.1) is 0 Å². The van der Waals surface area contributed by atoms with Gasteiger partial charge in [-0.1, -0.05) is 12.1 Å². The minimum Gasteiger partial charge on any atom is -0.497 e. The van der Waals surface area contributed by atoms with Gasteiger partial charge in [-0.25, -0.2) is 4.68 Å². The predicted octanol–water partition coefficient (Wildman–Crippen LogP) is 3.26. The maximum Gasteiger partial charge on any atom is 0.150 e. The fraction of sp³-hybridized carbons (Fsp3) is 0.400. The van der Waals surface area contributed by atoms with E-state index in [4.69, 9.17) is 9.47 Å². The van der Waals surface area contributed by atoms with Gasteiger partial charge in [-0.2, -0.15) is 5.10 Å². The minimum atomic E-state index is 0.0601. The molecule has 0 radical (unpaired) electrons. The number of methoxy groups -OCH3 is 1. The summed E-state index contributed by atoms with van der Waals surface area (Å²) in [7, 11) is 1.68. The van der Waals surface area contributed by atoms with Gasteiger partial charge in [-0.05, 0) is 37.5 Å². The molecule has 3 rings (SSSR count). The van der Waals surface area contributed by atoms with Crippen LogP contribution < -0.4 is 4.74 Å². The van der Waals surface area contributed by atoms with Gasteiger partial charge in [-0.15, -0.1) is 0 Å². The zero-order valence-corrected chi connectivity index (χ0v) is 11.1. The zero-order valence-electron chi connectivity index (χ0n) is 11.1. The number of hydrogen-bond donors (Lipinski definition) is 0. The highest BCUT2D eigenvalue weighted by atomic mass is 16.5. The lowest BCUT2D eigenvalue weighted by molar-refractivity contribution is -0.0383. The third-order valence-corrected chi connectivity index (χ3v) is 3.46. The molecule has 1 atom stereocenters. The van der Waals surface area contributed by atoms with Crippen molar-refractivity contribution in [1.29, 1.82) is 0 Å². The fourth-order valence-electron chi connectivity index (χ4n) is 2.47. The van der Waals surface area contributed by atoms with Crippen LogP contribution in [0.5, 0.6) is 5.75 Å². The second kappa shape index (κ2) is 5.45. The van der Waals surface area contributed by atoms with Crippen molar-refractivity contribution < 1.29 is 9.47 Å². The molecule has 1 aliphatic heterocycles. The Kier molecular flexibility index (Phi) is 3.51. The highest BCUT2D eigenvalue weighted by molar-refractivity contribution is 5.61. The van der Waals surface area contributed by atoms with Gasteiger partial charge in [0.25, 0.3) is 0 Å². The van der Waals surface area contributed by atoms with Crippen LogP contribution in [0.25, 0.3) is 11.3 Å². The second-order valence-corrected chi connectivity index (χ2v) is 4.71. The molecule has 4 nitrogen and oxygen atoms in total. The van der Waals surface area contributed by atoms with Gasteiger partial charge in [0.2, 0.25) is 0 Å². The van der Waals surface area contributed by atoms with E-state index < -0.39 is 0 Å². The largest absolute Gasteiger partial charge is 0.497 e. The summed E-state index contributed by atoms with van der Waals surface area (Å²) in [6, 6.07) is 10.1. The fourth-order valence-corrected chi connectivity index (χ4v) is 2.47. The molecule has 2 heterocycles. The highest BCUT2D eigenvalue weighted by Gasteiger charge is 2.19. The van der Waals surface area contributed by atoms with E-state index in [-0.39, 0.29) is 6.23 Å². The molecule has 2 aromatic rings. The quantitative estimate of drug-likeness (QED) is 0.847. The van der Waals surface area contributed by atoms with Crippen LogP contribution in [0.1, 0.15) is 25.5 Å². The van der Waals surface area contributed by atoms with Gasteiger partial charge in [0, 0.05) is 18.4 Å². The third kappa shape index (κ3) is 2.49. The topological polar surface area (TPSA) is 36.3 Å². The van der Waals surface area contributed by atoms with Crippen LogP contribution in [0.15, 0.2) is 36.5 Å². The number of ether oxygens (including phenoxy) is 2. The molecule has 19 heavy (non-hydrogen) atoms. The van der Waals surface area contributed by atoms with Crippen LogP contribution in [0.2, 0.25) is 0 Å². The molecule has 1 aliphatic rings. The summed E-state index contributed by atoms with van der Waals surface area (Å²) in [6.45, 7) is 0.822. The maximum absolute atomic E-state index is 5.81. The van der Waals surface area contributed by atoms with E-state index >= 15 is 0 Å². The molecule has 1 fully saturated rings. The standard InChI is InChI=1S/C15H18N2O2/c1-18-13-6-4-5-12(11-13)14-8-9-16-17(14)15-7-2-3-10-19-15/h4-6,8-9,11,15H,2-3,7,10H2,1H3. The Balaban J connectivity index is 1.94.